The van der Waals surface area contributed by atoms with E-state index in [9.17, 15) is 9.90 Å². The third-order valence-electron chi connectivity index (χ3n) is 3.09. The Morgan fingerprint density at radius 1 is 1.24 bits per heavy atom. The Balaban J connectivity index is 3.78. The van der Waals surface area contributed by atoms with E-state index in [2.05, 4.69) is 19.2 Å². The molecule has 2 N–H and O–H groups in total. The molecule has 0 aromatic carbocycles. The van der Waals surface area contributed by atoms with Crippen molar-refractivity contribution in [2.75, 3.05) is 19.7 Å². The number of aliphatic hydroxyl groups excluding tert-OH is 1. The molecule has 0 aromatic rings. The summed E-state index contributed by atoms with van der Waals surface area (Å²) in [7, 11) is 0. The van der Waals surface area contributed by atoms with Crippen LogP contribution in [-0.4, -0.2) is 36.9 Å². The average Bonchev–Trinajstić information content (AvgIpc) is 2.30. The quantitative estimate of drug-likeness (QED) is 0.605. The number of rotatable bonds is 9. The van der Waals surface area contributed by atoms with Crippen LogP contribution in [0.5, 0.6) is 0 Å². The Kier molecular flexibility index (Phi) is 9.09. The van der Waals surface area contributed by atoms with Gasteiger partial charge in [0.2, 0.25) is 0 Å². The number of aliphatic hydroxyl groups is 1. The molecule has 0 rings (SSSR count). The average molecular weight is 245 g/mol. The molecule has 4 heteroatoms. The van der Waals surface area contributed by atoms with Gasteiger partial charge in [0.1, 0.15) is 0 Å². The summed E-state index contributed by atoms with van der Waals surface area (Å²) < 4.78 is 4.91. The van der Waals surface area contributed by atoms with Crippen LogP contribution in [-0.2, 0) is 9.53 Å². The normalized spacial score (nSPS) is 14.7. The highest BCUT2D eigenvalue weighted by Crippen LogP contribution is 2.12. The molecule has 0 heterocycles. The number of hydrogen-bond donors (Lipinski definition) is 2. The van der Waals surface area contributed by atoms with Crippen LogP contribution in [0.4, 0.5) is 0 Å². The fourth-order valence-electron chi connectivity index (χ4n) is 1.82. The second-order valence-corrected chi connectivity index (χ2v) is 4.46. The molecule has 0 aliphatic rings. The summed E-state index contributed by atoms with van der Waals surface area (Å²) in [6.45, 7) is 9.30. The molecule has 2 unspecified atom stereocenters. The van der Waals surface area contributed by atoms with Gasteiger partial charge in [-0.15, -0.1) is 0 Å². The summed E-state index contributed by atoms with van der Waals surface area (Å²) in [5.41, 5.74) is 0. The van der Waals surface area contributed by atoms with Crippen LogP contribution < -0.4 is 5.32 Å². The van der Waals surface area contributed by atoms with Crippen molar-refractivity contribution in [2.45, 2.75) is 46.6 Å². The van der Waals surface area contributed by atoms with Crippen molar-refractivity contribution in [3.05, 3.63) is 0 Å². The lowest BCUT2D eigenvalue weighted by Crippen LogP contribution is -2.36. The van der Waals surface area contributed by atoms with Crippen molar-refractivity contribution in [3.63, 3.8) is 0 Å². The van der Waals surface area contributed by atoms with E-state index in [0.29, 0.717) is 25.6 Å². The Labute approximate surface area is 105 Å². The zero-order valence-corrected chi connectivity index (χ0v) is 11.5. The van der Waals surface area contributed by atoms with Crippen LogP contribution in [0.2, 0.25) is 0 Å². The summed E-state index contributed by atoms with van der Waals surface area (Å²) >= 11 is 0. The van der Waals surface area contributed by atoms with Gasteiger partial charge in [-0.3, -0.25) is 4.79 Å². The minimum atomic E-state index is -0.334. The molecule has 0 bridgehead atoms. The van der Waals surface area contributed by atoms with Gasteiger partial charge in [-0.1, -0.05) is 33.6 Å². The molecule has 0 amide bonds. The van der Waals surface area contributed by atoms with Crippen LogP contribution in [0.25, 0.3) is 0 Å². The predicted molar refractivity (Wildman–Crippen MR) is 68.7 cm³/mol. The molecule has 0 fully saturated rings. The molecule has 0 saturated carbocycles. The maximum absolute atomic E-state index is 11.3. The molecular weight excluding hydrogens is 218 g/mol. The minimum Gasteiger partial charge on any atom is -0.466 e. The molecule has 0 saturated heterocycles. The third-order valence-corrected chi connectivity index (χ3v) is 3.09. The topological polar surface area (TPSA) is 58.6 Å². The first-order valence-corrected chi connectivity index (χ1v) is 6.62. The molecule has 0 aromatic heterocycles. The molecule has 0 aliphatic heterocycles. The molecule has 17 heavy (non-hydrogen) atoms. The molecular formula is C13H27NO3. The van der Waals surface area contributed by atoms with E-state index in [0.717, 1.165) is 12.8 Å². The van der Waals surface area contributed by atoms with Crippen LogP contribution >= 0.6 is 0 Å². The van der Waals surface area contributed by atoms with Gasteiger partial charge in [0.25, 0.3) is 0 Å². The van der Waals surface area contributed by atoms with E-state index in [1.807, 2.05) is 6.92 Å². The van der Waals surface area contributed by atoms with Gasteiger partial charge in [0, 0.05) is 13.1 Å². The fourth-order valence-corrected chi connectivity index (χ4v) is 1.82. The van der Waals surface area contributed by atoms with Crippen molar-refractivity contribution in [3.8, 4) is 0 Å². The number of hydrogen-bond acceptors (Lipinski definition) is 4. The predicted octanol–water partition coefficient (Wildman–Crippen LogP) is 1.57. The van der Waals surface area contributed by atoms with Gasteiger partial charge in [-0.25, -0.2) is 0 Å². The van der Waals surface area contributed by atoms with Crippen LogP contribution in [0.3, 0.4) is 0 Å². The molecule has 0 spiro atoms. The maximum atomic E-state index is 11.3. The molecule has 4 nitrogen and oxygen atoms in total. The van der Waals surface area contributed by atoms with Crippen molar-refractivity contribution >= 4 is 5.97 Å². The Hall–Kier alpha value is -0.610. The van der Waals surface area contributed by atoms with E-state index in [4.69, 9.17) is 4.74 Å². The monoisotopic (exact) mass is 245 g/mol. The SMILES string of the molecule is CCOC(=O)C(C)CNCC(O)C(CC)CC. The Morgan fingerprint density at radius 3 is 2.29 bits per heavy atom. The van der Waals surface area contributed by atoms with Gasteiger partial charge in [-0.05, 0) is 12.8 Å². The lowest BCUT2D eigenvalue weighted by Gasteiger charge is -2.21. The van der Waals surface area contributed by atoms with Gasteiger partial charge in [0.15, 0.2) is 0 Å². The lowest BCUT2D eigenvalue weighted by molar-refractivity contribution is -0.147. The van der Waals surface area contributed by atoms with Crippen molar-refractivity contribution in [1.29, 1.82) is 0 Å². The largest absolute Gasteiger partial charge is 0.466 e. The van der Waals surface area contributed by atoms with E-state index >= 15 is 0 Å². The van der Waals surface area contributed by atoms with Crippen LogP contribution in [0, 0.1) is 11.8 Å². The van der Waals surface area contributed by atoms with Gasteiger partial charge in [0.05, 0.1) is 18.6 Å². The number of nitrogens with one attached hydrogen (secondary N) is 1. The molecule has 0 radical (unpaired) electrons. The third kappa shape index (κ3) is 6.64. The van der Waals surface area contributed by atoms with E-state index < -0.39 is 0 Å². The first-order chi connectivity index (χ1) is 8.06. The minimum absolute atomic E-state index is 0.163. The second-order valence-electron chi connectivity index (χ2n) is 4.46. The smallest absolute Gasteiger partial charge is 0.309 e. The summed E-state index contributed by atoms with van der Waals surface area (Å²) in [6.07, 6.45) is 1.62. The molecule has 0 aliphatic carbocycles. The number of esters is 1. The Bertz CT molecular complexity index is 205. The first-order valence-electron chi connectivity index (χ1n) is 6.62. The highest BCUT2D eigenvalue weighted by atomic mass is 16.5. The summed E-state index contributed by atoms with van der Waals surface area (Å²) in [5.74, 6) is -0.0127. The van der Waals surface area contributed by atoms with E-state index in [1.54, 1.807) is 6.92 Å². The van der Waals surface area contributed by atoms with Gasteiger partial charge < -0.3 is 15.2 Å². The number of ether oxygens (including phenoxy) is 1. The van der Waals surface area contributed by atoms with Crippen molar-refractivity contribution in [2.24, 2.45) is 11.8 Å². The highest BCUT2D eigenvalue weighted by Gasteiger charge is 2.17. The van der Waals surface area contributed by atoms with Crippen molar-refractivity contribution < 1.29 is 14.6 Å². The van der Waals surface area contributed by atoms with E-state index in [1.165, 1.54) is 0 Å². The number of carbonyl (C=O) groups is 1. The summed E-state index contributed by atoms with van der Waals surface area (Å²) in [4.78, 5) is 11.3. The molecule has 2 atom stereocenters. The first kappa shape index (κ1) is 16.4. The highest BCUT2D eigenvalue weighted by molar-refractivity contribution is 5.72. The lowest BCUT2D eigenvalue weighted by atomic mass is 9.96. The second kappa shape index (κ2) is 9.42. The standard InChI is InChI=1S/C13H27NO3/c1-5-11(6-2)12(15)9-14-8-10(4)13(16)17-7-3/h10-12,14-15H,5-9H2,1-4H3. The zero-order valence-electron chi connectivity index (χ0n) is 11.5. The van der Waals surface area contributed by atoms with Gasteiger partial charge in [-0.2, -0.15) is 0 Å². The van der Waals surface area contributed by atoms with E-state index in [-0.39, 0.29) is 18.0 Å². The maximum Gasteiger partial charge on any atom is 0.309 e. The van der Waals surface area contributed by atoms with Gasteiger partial charge >= 0.3 is 5.97 Å². The molecule has 102 valence electrons. The zero-order chi connectivity index (χ0) is 13.3. The van der Waals surface area contributed by atoms with Crippen LogP contribution in [0.1, 0.15) is 40.5 Å². The van der Waals surface area contributed by atoms with Crippen LogP contribution in [0.15, 0.2) is 0 Å². The summed E-state index contributed by atoms with van der Waals surface area (Å²) in [6, 6.07) is 0. The summed E-state index contributed by atoms with van der Waals surface area (Å²) in [5, 5.41) is 13.0. The number of carbonyl (C=O) groups excluding carboxylic acids is 1. The Morgan fingerprint density at radius 2 is 1.82 bits per heavy atom. The van der Waals surface area contributed by atoms with Crippen molar-refractivity contribution in [1.82, 2.24) is 5.32 Å². The fraction of sp³-hybridized carbons (Fsp3) is 0.923.